The summed E-state index contributed by atoms with van der Waals surface area (Å²) in [6.07, 6.45) is 1.15. The molecule has 2 atom stereocenters. The van der Waals surface area contributed by atoms with E-state index in [1.54, 1.807) is 0 Å². The Bertz CT molecular complexity index is 517. The molecule has 3 heterocycles. The third-order valence-corrected chi connectivity index (χ3v) is 3.38. The van der Waals surface area contributed by atoms with Gasteiger partial charge in [-0.05, 0) is 38.9 Å². The van der Waals surface area contributed by atoms with Crippen LogP contribution in [0.1, 0.15) is 30.8 Å². The third-order valence-electron chi connectivity index (χ3n) is 3.38. The first-order valence-corrected chi connectivity index (χ1v) is 5.80. The average molecular weight is 216 g/mol. The topological polar surface area (TPSA) is 53.6 Å². The summed E-state index contributed by atoms with van der Waals surface area (Å²) in [7, 11) is 0. The molecule has 0 bridgehead atoms. The molecule has 3 rings (SSSR count). The van der Waals surface area contributed by atoms with E-state index in [1.165, 1.54) is 0 Å². The van der Waals surface area contributed by atoms with Gasteiger partial charge in [-0.15, -0.1) is 0 Å². The molecule has 84 valence electrons. The Hall–Kier alpha value is -1.42. The number of aromatic amines is 1. The Morgan fingerprint density at radius 1 is 1.31 bits per heavy atom. The molecule has 1 aliphatic heterocycles. The number of nitrogens with zero attached hydrogens (tertiary/aromatic N) is 2. The molecule has 0 aliphatic carbocycles. The zero-order chi connectivity index (χ0) is 11.1. The molecule has 1 aliphatic rings. The lowest BCUT2D eigenvalue weighted by molar-refractivity contribution is 0.574. The summed E-state index contributed by atoms with van der Waals surface area (Å²) in [5.41, 5.74) is 2.90. The van der Waals surface area contributed by atoms with E-state index in [2.05, 4.69) is 33.3 Å². The standard InChI is InChI=1S/C12H16N4/c1-7-3-4-10-12(14-7)16-11(15-10)9-5-6-13-8(9)2/h3-4,8-9,13H,5-6H2,1-2H3,(H,14,15,16). The van der Waals surface area contributed by atoms with Crippen molar-refractivity contribution in [3.8, 4) is 0 Å². The van der Waals surface area contributed by atoms with Crippen LogP contribution < -0.4 is 5.32 Å². The third kappa shape index (κ3) is 1.50. The molecule has 0 spiro atoms. The van der Waals surface area contributed by atoms with Crippen molar-refractivity contribution < 1.29 is 0 Å². The summed E-state index contributed by atoms with van der Waals surface area (Å²) in [6, 6.07) is 4.57. The van der Waals surface area contributed by atoms with E-state index in [1.807, 2.05) is 13.0 Å². The van der Waals surface area contributed by atoms with Gasteiger partial charge < -0.3 is 10.3 Å². The highest BCUT2D eigenvalue weighted by atomic mass is 15.0. The Morgan fingerprint density at radius 3 is 2.94 bits per heavy atom. The van der Waals surface area contributed by atoms with Gasteiger partial charge in [0.2, 0.25) is 0 Å². The van der Waals surface area contributed by atoms with Crippen molar-refractivity contribution in [2.24, 2.45) is 0 Å². The van der Waals surface area contributed by atoms with Crippen molar-refractivity contribution in [2.75, 3.05) is 6.54 Å². The molecular weight excluding hydrogens is 200 g/mol. The Morgan fingerprint density at radius 2 is 2.19 bits per heavy atom. The number of rotatable bonds is 1. The number of aromatic nitrogens is 3. The number of fused-ring (bicyclic) bond motifs is 1. The lowest BCUT2D eigenvalue weighted by Gasteiger charge is -2.11. The van der Waals surface area contributed by atoms with Crippen LogP contribution in [-0.2, 0) is 0 Å². The van der Waals surface area contributed by atoms with Crippen LogP contribution >= 0.6 is 0 Å². The van der Waals surface area contributed by atoms with Gasteiger partial charge in [0.25, 0.3) is 0 Å². The lowest BCUT2D eigenvalue weighted by Crippen LogP contribution is -2.22. The van der Waals surface area contributed by atoms with E-state index >= 15 is 0 Å². The van der Waals surface area contributed by atoms with Crippen molar-refractivity contribution >= 4 is 11.2 Å². The number of H-pyrrole nitrogens is 1. The second kappa shape index (κ2) is 3.56. The van der Waals surface area contributed by atoms with Crippen LogP contribution in [0.4, 0.5) is 0 Å². The van der Waals surface area contributed by atoms with Crippen molar-refractivity contribution in [2.45, 2.75) is 32.2 Å². The largest absolute Gasteiger partial charge is 0.340 e. The van der Waals surface area contributed by atoms with Crippen LogP contribution in [0.25, 0.3) is 11.2 Å². The molecule has 0 amide bonds. The predicted octanol–water partition coefficient (Wildman–Crippen LogP) is 1.73. The highest BCUT2D eigenvalue weighted by Crippen LogP contribution is 2.26. The van der Waals surface area contributed by atoms with E-state index < -0.39 is 0 Å². The molecule has 2 aromatic rings. The van der Waals surface area contributed by atoms with Crippen LogP contribution in [0.15, 0.2) is 12.1 Å². The molecule has 2 unspecified atom stereocenters. The van der Waals surface area contributed by atoms with Crippen LogP contribution in [0.3, 0.4) is 0 Å². The van der Waals surface area contributed by atoms with Crippen molar-refractivity contribution in [3.63, 3.8) is 0 Å². The number of nitrogens with one attached hydrogen (secondary N) is 2. The highest BCUT2D eigenvalue weighted by molar-refractivity contribution is 5.70. The zero-order valence-corrected chi connectivity index (χ0v) is 9.62. The van der Waals surface area contributed by atoms with Gasteiger partial charge in [0.05, 0.1) is 5.52 Å². The SMILES string of the molecule is Cc1ccc2[nH]c(C3CCNC3C)nc2n1. The second-order valence-corrected chi connectivity index (χ2v) is 4.58. The molecule has 1 fully saturated rings. The predicted molar refractivity (Wildman–Crippen MR) is 63.4 cm³/mol. The summed E-state index contributed by atoms with van der Waals surface area (Å²) < 4.78 is 0. The first kappa shape index (κ1) is 9.78. The maximum absolute atomic E-state index is 4.60. The van der Waals surface area contributed by atoms with E-state index in [0.717, 1.165) is 35.6 Å². The monoisotopic (exact) mass is 216 g/mol. The van der Waals surface area contributed by atoms with Gasteiger partial charge in [-0.25, -0.2) is 9.97 Å². The molecule has 4 heteroatoms. The highest BCUT2D eigenvalue weighted by Gasteiger charge is 2.27. The summed E-state index contributed by atoms with van der Waals surface area (Å²) in [5.74, 6) is 1.57. The smallest absolute Gasteiger partial charge is 0.177 e. The minimum absolute atomic E-state index is 0.495. The van der Waals surface area contributed by atoms with Gasteiger partial charge >= 0.3 is 0 Å². The molecule has 0 saturated carbocycles. The number of pyridine rings is 1. The fourth-order valence-corrected chi connectivity index (χ4v) is 2.41. The van der Waals surface area contributed by atoms with E-state index in [9.17, 15) is 0 Å². The quantitative estimate of drug-likeness (QED) is 0.763. The summed E-state index contributed by atoms with van der Waals surface area (Å²) >= 11 is 0. The summed E-state index contributed by atoms with van der Waals surface area (Å²) in [4.78, 5) is 12.4. The van der Waals surface area contributed by atoms with Gasteiger partial charge in [-0.1, -0.05) is 0 Å². The molecule has 1 saturated heterocycles. The first-order chi connectivity index (χ1) is 7.74. The van der Waals surface area contributed by atoms with Gasteiger partial charge in [-0.2, -0.15) is 0 Å². The molecule has 0 radical (unpaired) electrons. The van der Waals surface area contributed by atoms with Crippen LogP contribution in [-0.4, -0.2) is 27.5 Å². The number of hydrogen-bond acceptors (Lipinski definition) is 3. The number of aryl methyl sites for hydroxylation is 1. The van der Waals surface area contributed by atoms with E-state index in [-0.39, 0.29) is 0 Å². The van der Waals surface area contributed by atoms with Crippen molar-refractivity contribution in [1.82, 2.24) is 20.3 Å². The number of hydrogen-bond donors (Lipinski definition) is 2. The fraction of sp³-hybridized carbons (Fsp3) is 0.500. The van der Waals surface area contributed by atoms with E-state index in [0.29, 0.717) is 12.0 Å². The molecule has 16 heavy (non-hydrogen) atoms. The second-order valence-electron chi connectivity index (χ2n) is 4.58. The van der Waals surface area contributed by atoms with Gasteiger partial charge in [-0.3, -0.25) is 0 Å². The summed E-state index contributed by atoms with van der Waals surface area (Å²) in [6.45, 7) is 5.28. The minimum Gasteiger partial charge on any atom is -0.340 e. The van der Waals surface area contributed by atoms with Gasteiger partial charge in [0.1, 0.15) is 5.82 Å². The molecule has 2 N–H and O–H groups in total. The maximum atomic E-state index is 4.60. The normalized spacial score (nSPS) is 25.4. The number of imidazole rings is 1. The van der Waals surface area contributed by atoms with Crippen molar-refractivity contribution in [3.05, 3.63) is 23.7 Å². The van der Waals surface area contributed by atoms with Gasteiger partial charge in [0, 0.05) is 17.7 Å². The van der Waals surface area contributed by atoms with E-state index in [4.69, 9.17) is 0 Å². The fourth-order valence-electron chi connectivity index (χ4n) is 2.41. The molecule has 4 nitrogen and oxygen atoms in total. The molecule has 2 aromatic heterocycles. The zero-order valence-electron chi connectivity index (χ0n) is 9.62. The van der Waals surface area contributed by atoms with Crippen molar-refractivity contribution in [1.29, 1.82) is 0 Å². The van der Waals surface area contributed by atoms with Crippen LogP contribution in [0.2, 0.25) is 0 Å². The summed E-state index contributed by atoms with van der Waals surface area (Å²) in [5, 5.41) is 3.44. The van der Waals surface area contributed by atoms with Crippen LogP contribution in [0.5, 0.6) is 0 Å². The Labute approximate surface area is 94.5 Å². The van der Waals surface area contributed by atoms with Crippen LogP contribution in [0, 0.1) is 6.92 Å². The maximum Gasteiger partial charge on any atom is 0.177 e. The molecule has 0 aromatic carbocycles. The Balaban J connectivity index is 2.04. The first-order valence-electron chi connectivity index (χ1n) is 5.80. The molecular formula is C12H16N4. The van der Waals surface area contributed by atoms with Gasteiger partial charge in [0.15, 0.2) is 5.65 Å². The Kier molecular flexibility index (Phi) is 2.17. The minimum atomic E-state index is 0.495. The average Bonchev–Trinajstić information content (AvgIpc) is 2.82. The lowest BCUT2D eigenvalue weighted by atomic mass is 10.0.